The monoisotopic (exact) mass is 454 g/mol. The van der Waals surface area contributed by atoms with E-state index in [9.17, 15) is 0 Å². The lowest BCUT2D eigenvalue weighted by Crippen LogP contribution is -2.45. The molecule has 2 fully saturated rings. The van der Waals surface area contributed by atoms with Gasteiger partial charge in [0, 0.05) is 70.3 Å². The molecule has 4 rings (SSSR count). The molecule has 2 N–H and O–H groups in total. The Labute approximate surface area is 198 Å². The van der Waals surface area contributed by atoms with E-state index < -0.39 is 0 Å². The van der Waals surface area contributed by atoms with Gasteiger partial charge in [0.1, 0.15) is 0 Å². The largest absolute Gasteiger partial charge is 0.369 e. The molecular formula is C25H38N6S. The molecule has 0 unspecified atom stereocenters. The quantitative estimate of drug-likeness (QED) is 0.514. The first kappa shape index (κ1) is 23.2. The Morgan fingerprint density at radius 2 is 1.59 bits per heavy atom. The summed E-state index contributed by atoms with van der Waals surface area (Å²) in [6, 6.07) is 11.2. The van der Waals surface area contributed by atoms with Gasteiger partial charge in [-0.3, -0.25) is 0 Å². The zero-order chi connectivity index (χ0) is 22.5. The first-order chi connectivity index (χ1) is 15.5. The number of piperazine rings is 2. The molecule has 0 radical (unpaired) electrons. The van der Waals surface area contributed by atoms with Gasteiger partial charge in [0.05, 0.1) is 0 Å². The fourth-order valence-electron chi connectivity index (χ4n) is 4.60. The minimum absolute atomic E-state index is 0.703. The molecule has 6 nitrogen and oxygen atoms in total. The van der Waals surface area contributed by atoms with Crippen molar-refractivity contribution in [3.05, 3.63) is 35.9 Å². The Morgan fingerprint density at radius 3 is 2.31 bits per heavy atom. The van der Waals surface area contributed by atoms with Gasteiger partial charge < -0.3 is 30.2 Å². The van der Waals surface area contributed by atoms with Crippen molar-refractivity contribution in [1.82, 2.24) is 20.0 Å². The molecule has 2 aliphatic rings. The number of thiocarbonyl (C=S) groups is 1. The van der Waals surface area contributed by atoms with Gasteiger partial charge in [-0.1, -0.05) is 6.07 Å². The topological polar surface area (TPSA) is 37.0 Å². The molecule has 0 spiro atoms. The average molecular weight is 455 g/mol. The highest BCUT2D eigenvalue weighted by atomic mass is 32.1. The van der Waals surface area contributed by atoms with Crippen LogP contribution in [-0.2, 0) is 0 Å². The van der Waals surface area contributed by atoms with Crippen LogP contribution in [0.4, 0.5) is 11.4 Å². The molecule has 0 amide bonds. The van der Waals surface area contributed by atoms with Crippen LogP contribution in [0.25, 0.3) is 10.8 Å². The number of nitrogens with zero attached hydrogens (tertiary/aromatic N) is 4. The zero-order valence-electron chi connectivity index (χ0n) is 19.9. The summed E-state index contributed by atoms with van der Waals surface area (Å²) in [6.07, 6.45) is 1.11. The van der Waals surface area contributed by atoms with Gasteiger partial charge in [-0.2, -0.15) is 0 Å². The molecule has 2 aromatic carbocycles. The molecule has 7 heteroatoms. The Kier molecular flexibility index (Phi) is 7.84. The second kappa shape index (κ2) is 10.8. The lowest BCUT2D eigenvalue weighted by molar-refractivity contribution is 0.153. The zero-order valence-corrected chi connectivity index (χ0v) is 20.7. The fraction of sp³-hybridized carbons (Fsp3) is 0.560. The number of aryl methyl sites for hydroxylation is 1. The van der Waals surface area contributed by atoms with Gasteiger partial charge in [0.15, 0.2) is 5.11 Å². The lowest BCUT2D eigenvalue weighted by atomic mass is 10.0. The van der Waals surface area contributed by atoms with Crippen molar-refractivity contribution in [3.63, 3.8) is 0 Å². The fourth-order valence-corrected chi connectivity index (χ4v) is 4.82. The standard InChI is InChI=1S/C25H38N6S/c1-20-17-23(31-15-11-29(3)12-16-31)18-21-5-6-22(19-24(20)21)27-25(32)26-7-4-8-30-13-9-28(2)10-14-30/h5-6,17-19H,4,7-16H2,1-3H3,(H2,26,27,32). The third-order valence-corrected chi connectivity index (χ3v) is 7.05. The summed E-state index contributed by atoms with van der Waals surface area (Å²) >= 11 is 5.54. The molecule has 2 aromatic rings. The molecule has 0 aromatic heterocycles. The molecule has 0 aliphatic carbocycles. The summed E-state index contributed by atoms with van der Waals surface area (Å²) in [7, 11) is 4.40. The molecule has 0 bridgehead atoms. The Bertz CT molecular complexity index is 916. The van der Waals surface area contributed by atoms with E-state index in [2.05, 4.69) is 81.6 Å². The summed E-state index contributed by atoms with van der Waals surface area (Å²) < 4.78 is 0. The van der Waals surface area contributed by atoms with E-state index in [1.54, 1.807) is 0 Å². The Balaban J connectivity index is 1.29. The van der Waals surface area contributed by atoms with E-state index in [1.165, 1.54) is 48.2 Å². The Morgan fingerprint density at radius 1 is 0.906 bits per heavy atom. The van der Waals surface area contributed by atoms with Gasteiger partial charge in [-0.15, -0.1) is 0 Å². The van der Waals surface area contributed by atoms with Crippen LogP contribution in [0.5, 0.6) is 0 Å². The van der Waals surface area contributed by atoms with Crippen LogP contribution in [-0.4, -0.2) is 99.4 Å². The molecule has 174 valence electrons. The minimum Gasteiger partial charge on any atom is -0.369 e. The number of rotatable bonds is 6. The molecule has 0 atom stereocenters. The van der Waals surface area contributed by atoms with E-state index in [4.69, 9.17) is 12.2 Å². The maximum atomic E-state index is 5.54. The van der Waals surface area contributed by atoms with E-state index in [0.29, 0.717) is 5.11 Å². The van der Waals surface area contributed by atoms with Crippen molar-refractivity contribution in [2.75, 3.05) is 89.8 Å². The highest BCUT2D eigenvalue weighted by Crippen LogP contribution is 2.29. The summed E-state index contributed by atoms with van der Waals surface area (Å²) in [5, 5.41) is 10.0. The first-order valence-corrected chi connectivity index (χ1v) is 12.3. The number of hydrogen-bond acceptors (Lipinski definition) is 5. The summed E-state index contributed by atoms with van der Waals surface area (Å²) in [5.74, 6) is 0. The van der Waals surface area contributed by atoms with Crippen LogP contribution < -0.4 is 15.5 Å². The number of anilines is 2. The number of nitrogens with one attached hydrogen (secondary N) is 2. The number of hydrogen-bond donors (Lipinski definition) is 2. The predicted octanol–water partition coefficient (Wildman–Crippen LogP) is 2.82. The molecular weight excluding hydrogens is 416 g/mol. The van der Waals surface area contributed by atoms with Crippen LogP contribution >= 0.6 is 12.2 Å². The van der Waals surface area contributed by atoms with E-state index >= 15 is 0 Å². The number of benzene rings is 2. The maximum Gasteiger partial charge on any atom is 0.170 e. The SMILES string of the molecule is Cc1cc(N2CCN(C)CC2)cc2ccc(NC(=S)NCCCN3CCN(C)CC3)cc12. The second-order valence-corrected chi connectivity index (χ2v) is 9.78. The minimum atomic E-state index is 0.703. The number of fused-ring (bicyclic) bond motifs is 1. The molecule has 2 saturated heterocycles. The highest BCUT2D eigenvalue weighted by Gasteiger charge is 2.16. The first-order valence-electron chi connectivity index (χ1n) is 11.9. The van der Waals surface area contributed by atoms with E-state index in [1.807, 2.05) is 0 Å². The van der Waals surface area contributed by atoms with Crippen molar-refractivity contribution < 1.29 is 0 Å². The van der Waals surface area contributed by atoms with Crippen molar-refractivity contribution in [2.24, 2.45) is 0 Å². The van der Waals surface area contributed by atoms with E-state index in [0.717, 1.165) is 51.4 Å². The van der Waals surface area contributed by atoms with Gasteiger partial charge in [0.2, 0.25) is 0 Å². The van der Waals surface area contributed by atoms with Gasteiger partial charge in [0.25, 0.3) is 0 Å². The smallest absolute Gasteiger partial charge is 0.170 e. The van der Waals surface area contributed by atoms with Crippen molar-refractivity contribution >= 4 is 39.5 Å². The van der Waals surface area contributed by atoms with Gasteiger partial charge >= 0.3 is 0 Å². The summed E-state index contributed by atoms with van der Waals surface area (Å²) in [4.78, 5) is 9.83. The molecule has 2 heterocycles. The van der Waals surface area contributed by atoms with Gasteiger partial charge in [-0.25, -0.2) is 0 Å². The lowest BCUT2D eigenvalue weighted by Gasteiger charge is -2.34. The van der Waals surface area contributed by atoms with Crippen LogP contribution in [0.1, 0.15) is 12.0 Å². The van der Waals surface area contributed by atoms with E-state index in [-0.39, 0.29) is 0 Å². The van der Waals surface area contributed by atoms with Crippen molar-refractivity contribution in [1.29, 1.82) is 0 Å². The predicted molar refractivity (Wildman–Crippen MR) is 141 cm³/mol. The van der Waals surface area contributed by atoms with Crippen molar-refractivity contribution in [3.8, 4) is 0 Å². The van der Waals surface area contributed by atoms with Crippen LogP contribution in [0.2, 0.25) is 0 Å². The molecule has 0 saturated carbocycles. The third-order valence-electron chi connectivity index (χ3n) is 6.80. The highest BCUT2D eigenvalue weighted by molar-refractivity contribution is 7.80. The summed E-state index contributed by atoms with van der Waals surface area (Å²) in [6.45, 7) is 13.4. The van der Waals surface area contributed by atoms with Crippen LogP contribution in [0, 0.1) is 6.92 Å². The summed E-state index contributed by atoms with van der Waals surface area (Å²) in [5.41, 5.74) is 3.69. The molecule has 32 heavy (non-hydrogen) atoms. The van der Waals surface area contributed by atoms with Crippen LogP contribution in [0.3, 0.4) is 0 Å². The second-order valence-electron chi connectivity index (χ2n) is 9.37. The molecule has 2 aliphatic heterocycles. The third kappa shape index (κ3) is 6.10. The normalized spacial score (nSPS) is 18.8. The average Bonchev–Trinajstić information content (AvgIpc) is 2.79. The number of likely N-dealkylation sites (N-methyl/N-ethyl adjacent to an activating group) is 2. The van der Waals surface area contributed by atoms with Crippen LogP contribution in [0.15, 0.2) is 30.3 Å². The van der Waals surface area contributed by atoms with Gasteiger partial charge in [-0.05, 0) is 86.8 Å². The maximum absolute atomic E-state index is 5.54. The Hall–Kier alpha value is -1.93. The van der Waals surface area contributed by atoms with Crippen molar-refractivity contribution in [2.45, 2.75) is 13.3 Å².